The lowest BCUT2D eigenvalue weighted by molar-refractivity contribution is -0.146. The van der Waals surface area contributed by atoms with E-state index in [0.717, 1.165) is 55.8 Å². The number of likely N-dealkylation sites (tertiary alicyclic amines) is 1. The Bertz CT molecular complexity index is 1620. The molecule has 4 aromatic rings. The zero-order valence-corrected chi connectivity index (χ0v) is 25.7. The highest BCUT2D eigenvalue weighted by Gasteiger charge is 2.35. The number of fused-ring (bicyclic) bond motifs is 2. The number of aromatic nitrogens is 4. The summed E-state index contributed by atoms with van der Waals surface area (Å²) in [5.41, 5.74) is 4.20. The number of carbonyl (C=O) groups is 1. The Labute approximate surface area is 259 Å². The summed E-state index contributed by atoms with van der Waals surface area (Å²) in [6.07, 6.45) is 3.86. The van der Waals surface area contributed by atoms with Crippen molar-refractivity contribution in [3.8, 4) is 11.1 Å². The molecule has 0 amide bonds. The van der Waals surface area contributed by atoms with E-state index >= 15 is 0 Å². The van der Waals surface area contributed by atoms with Crippen LogP contribution in [-0.2, 0) is 22.5 Å². The highest BCUT2D eigenvalue weighted by molar-refractivity contribution is 6.42. The number of esters is 1. The molecule has 0 saturated carbocycles. The lowest BCUT2D eigenvalue weighted by atomic mass is 10.0. The van der Waals surface area contributed by atoms with Crippen LogP contribution in [0.25, 0.3) is 22.0 Å². The van der Waals surface area contributed by atoms with Crippen LogP contribution >= 0.6 is 23.2 Å². The summed E-state index contributed by atoms with van der Waals surface area (Å²) in [5.74, 6) is -0.538. The molecule has 0 radical (unpaired) electrons. The molecule has 1 saturated heterocycles. The predicted octanol–water partition coefficient (Wildman–Crippen LogP) is 5.15. The summed E-state index contributed by atoms with van der Waals surface area (Å²) >= 11 is 13.7. The molecular formula is C31H35Cl2FN6O3. The molecule has 1 unspecified atom stereocenters. The van der Waals surface area contributed by atoms with Gasteiger partial charge in [0.25, 0.3) is 0 Å². The average molecular weight is 630 g/mol. The van der Waals surface area contributed by atoms with Gasteiger partial charge in [-0.2, -0.15) is 5.10 Å². The topological polar surface area (TPSA) is 88.7 Å². The van der Waals surface area contributed by atoms with E-state index in [1.165, 1.54) is 4.68 Å². The Balaban J connectivity index is 1.27. The van der Waals surface area contributed by atoms with Crippen LogP contribution in [0, 0.1) is 0 Å². The number of likely N-dealkylation sites (N-methyl/N-ethyl adjacent to an activating group) is 1. The molecule has 43 heavy (non-hydrogen) atoms. The maximum absolute atomic E-state index is 14.2. The van der Waals surface area contributed by atoms with E-state index in [1.54, 1.807) is 24.0 Å². The summed E-state index contributed by atoms with van der Waals surface area (Å²) in [7, 11) is 2.07. The number of benzene rings is 2. The molecule has 0 bridgehead atoms. The molecule has 12 heteroatoms. The van der Waals surface area contributed by atoms with E-state index in [1.807, 2.05) is 18.2 Å². The van der Waals surface area contributed by atoms with Gasteiger partial charge in [-0.15, -0.1) is 0 Å². The lowest BCUT2D eigenvalue weighted by Gasteiger charge is -2.31. The summed E-state index contributed by atoms with van der Waals surface area (Å²) in [4.78, 5) is 22.2. The third-order valence-corrected chi connectivity index (χ3v) is 9.15. The van der Waals surface area contributed by atoms with Crippen LogP contribution in [0.15, 0.2) is 42.9 Å². The Morgan fingerprint density at radius 1 is 1.23 bits per heavy atom. The van der Waals surface area contributed by atoms with Crippen LogP contribution in [0.3, 0.4) is 0 Å². The van der Waals surface area contributed by atoms with Crippen molar-refractivity contribution in [2.45, 2.75) is 51.0 Å². The van der Waals surface area contributed by atoms with Crippen LogP contribution in [0.5, 0.6) is 0 Å². The van der Waals surface area contributed by atoms with Gasteiger partial charge in [-0.05, 0) is 43.5 Å². The van der Waals surface area contributed by atoms with E-state index in [-0.39, 0.29) is 25.7 Å². The number of alkyl halides is 1. The Kier molecular flexibility index (Phi) is 8.64. The van der Waals surface area contributed by atoms with E-state index < -0.39 is 18.2 Å². The van der Waals surface area contributed by atoms with Crippen LogP contribution in [0.1, 0.15) is 37.2 Å². The van der Waals surface area contributed by atoms with E-state index in [2.05, 4.69) is 34.0 Å². The molecule has 9 nitrogen and oxygen atoms in total. The normalized spacial score (nSPS) is 18.2. The van der Waals surface area contributed by atoms with Crippen molar-refractivity contribution in [2.75, 3.05) is 44.7 Å². The van der Waals surface area contributed by atoms with Crippen LogP contribution in [0.2, 0.25) is 10.0 Å². The minimum atomic E-state index is -1.03. The molecule has 0 aliphatic carbocycles. The monoisotopic (exact) mass is 628 g/mol. The smallest absolute Gasteiger partial charge is 0.337 e. The molecule has 6 rings (SSSR count). The number of anilines is 1. The number of nitrogens with zero attached hydrogens (tertiary/aromatic N) is 6. The number of hydrogen-bond acceptors (Lipinski definition) is 7. The van der Waals surface area contributed by atoms with Crippen molar-refractivity contribution in [3.63, 3.8) is 0 Å². The second kappa shape index (κ2) is 12.4. The second-order valence-corrected chi connectivity index (χ2v) is 12.1. The lowest BCUT2D eigenvalue weighted by Crippen LogP contribution is -2.40. The van der Waals surface area contributed by atoms with Crippen molar-refractivity contribution >= 4 is 45.8 Å². The van der Waals surface area contributed by atoms with Gasteiger partial charge in [-0.25, -0.2) is 14.2 Å². The average Bonchev–Trinajstić information content (AvgIpc) is 3.70. The summed E-state index contributed by atoms with van der Waals surface area (Å²) in [5, 5.41) is 15.9. The van der Waals surface area contributed by atoms with Crippen LogP contribution < -0.4 is 4.90 Å². The highest BCUT2D eigenvalue weighted by atomic mass is 35.5. The Morgan fingerprint density at radius 2 is 1.98 bits per heavy atom. The molecule has 2 aromatic carbocycles. The molecule has 0 spiro atoms. The zero-order chi connectivity index (χ0) is 30.2. The summed E-state index contributed by atoms with van der Waals surface area (Å²) in [6, 6.07) is 8.92. The first kappa shape index (κ1) is 29.9. The molecule has 2 atom stereocenters. The summed E-state index contributed by atoms with van der Waals surface area (Å²) in [6.45, 7) is 5.78. The van der Waals surface area contributed by atoms with Gasteiger partial charge < -0.3 is 24.2 Å². The van der Waals surface area contributed by atoms with Gasteiger partial charge in [-0.3, -0.25) is 4.68 Å². The van der Waals surface area contributed by atoms with Crippen molar-refractivity contribution in [1.29, 1.82) is 0 Å². The zero-order valence-electron chi connectivity index (χ0n) is 24.2. The van der Waals surface area contributed by atoms with Gasteiger partial charge in [0.15, 0.2) is 6.04 Å². The Morgan fingerprint density at radius 3 is 2.70 bits per heavy atom. The number of ether oxygens (including phenoxy) is 1. The van der Waals surface area contributed by atoms with Gasteiger partial charge >= 0.3 is 5.97 Å². The third kappa shape index (κ3) is 5.98. The molecule has 2 aliphatic rings. The highest BCUT2D eigenvalue weighted by Crippen LogP contribution is 2.40. The van der Waals surface area contributed by atoms with Crippen molar-refractivity contribution < 1.29 is 19.0 Å². The molecule has 4 heterocycles. The first-order valence-corrected chi connectivity index (χ1v) is 15.4. The summed E-state index contributed by atoms with van der Waals surface area (Å²) < 4.78 is 22.8. The van der Waals surface area contributed by atoms with Crippen LogP contribution in [0.4, 0.5) is 10.1 Å². The largest absolute Gasteiger partial charge is 0.464 e. The molecular weight excluding hydrogens is 594 g/mol. The standard InChI is InChI=1S/C31H35Cl2FN6O3/c1-3-43-31(42)30(29-26-14-20(34)16-39(26)18-35-29)40-17-24-25(32)15-23(27(33)28(24)36-40)19-4-6-21(7-5-19)37(2)12-13-38-10-8-22(41)9-11-38/h4-7,15,17-18,20,22,30,41H,3,8-14,16H2,1-2H3/t20-,30?/m1/s1. The maximum Gasteiger partial charge on any atom is 0.337 e. The fourth-order valence-electron chi connectivity index (χ4n) is 6.01. The first-order valence-electron chi connectivity index (χ1n) is 14.7. The number of imidazole rings is 1. The number of aliphatic hydroxyl groups is 1. The molecule has 2 aliphatic heterocycles. The number of aliphatic hydroxyl groups excluding tert-OH is 1. The SMILES string of the molecule is CCOC(=O)C(c1ncn2c1C[C@@H](F)C2)n1cc2c(Cl)cc(-c3ccc(N(C)CCN4CCC(O)CC4)cc3)c(Cl)c2n1. The van der Waals surface area contributed by atoms with Crippen molar-refractivity contribution in [2.24, 2.45) is 0 Å². The predicted molar refractivity (Wildman–Crippen MR) is 166 cm³/mol. The van der Waals surface area contributed by atoms with E-state index in [9.17, 15) is 14.3 Å². The van der Waals surface area contributed by atoms with Gasteiger partial charge in [0.05, 0.1) is 41.3 Å². The second-order valence-electron chi connectivity index (χ2n) is 11.3. The van der Waals surface area contributed by atoms with Crippen LogP contribution in [-0.4, -0.2) is 87.4 Å². The van der Waals surface area contributed by atoms with Gasteiger partial charge in [-0.1, -0.05) is 35.3 Å². The molecule has 2 aromatic heterocycles. The van der Waals surface area contributed by atoms with Crippen molar-refractivity contribution in [3.05, 3.63) is 64.3 Å². The van der Waals surface area contributed by atoms with E-state index in [0.29, 0.717) is 32.3 Å². The van der Waals surface area contributed by atoms with Crippen molar-refractivity contribution in [1.82, 2.24) is 24.2 Å². The number of piperidine rings is 1. The molecule has 1 N–H and O–H groups in total. The molecule has 228 valence electrons. The van der Waals surface area contributed by atoms with Gasteiger partial charge in [0.2, 0.25) is 0 Å². The third-order valence-electron chi connectivity index (χ3n) is 8.45. The van der Waals surface area contributed by atoms with E-state index in [4.69, 9.17) is 33.0 Å². The van der Waals surface area contributed by atoms with Gasteiger partial charge in [0, 0.05) is 68.2 Å². The quantitative estimate of drug-likeness (QED) is 0.257. The minimum Gasteiger partial charge on any atom is -0.464 e. The first-order chi connectivity index (χ1) is 20.7. The minimum absolute atomic E-state index is 0.170. The Hall–Kier alpha value is -3.18. The number of rotatable bonds is 9. The number of carbonyl (C=O) groups excluding carboxylic acids is 1. The van der Waals surface area contributed by atoms with Gasteiger partial charge in [0.1, 0.15) is 11.7 Å². The fraction of sp³-hybridized carbons (Fsp3) is 0.452. The molecule has 1 fully saturated rings. The number of halogens is 3. The fourth-order valence-corrected chi connectivity index (χ4v) is 6.56. The number of hydrogen-bond donors (Lipinski definition) is 1. The maximum atomic E-state index is 14.2.